The molecule has 51 heavy (non-hydrogen) atoms. The van der Waals surface area contributed by atoms with E-state index in [1.807, 2.05) is 40.6 Å². The second-order valence-corrected chi connectivity index (χ2v) is 15.0. The second kappa shape index (κ2) is 19.3. The summed E-state index contributed by atoms with van der Waals surface area (Å²) in [5.41, 5.74) is 2.39. The zero-order valence-corrected chi connectivity index (χ0v) is 30.6. The van der Waals surface area contributed by atoms with Crippen molar-refractivity contribution in [3.05, 3.63) is 68.8 Å². The number of hydrogen-bond donors (Lipinski definition) is 5. The fourth-order valence-electron chi connectivity index (χ4n) is 6.87. The van der Waals surface area contributed by atoms with Gasteiger partial charge in [0.25, 0.3) is 12.4 Å². The number of rotatable bonds is 15. The average molecular weight is 740 g/mol. The van der Waals surface area contributed by atoms with Crippen LogP contribution >= 0.6 is 22.7 Å². The van der Waals surface area contributed by atoms with E-state index >= 15 is 0 Å². The van der Waals surface area contributed by atoms with Gasteiger partial charge in [-0.3, -0.25) is 14.4 Å². The lowest BCUT2D eigenvalue weighted by Gasteiger charge is -2.47. The van der Waals surface area contributed by atoms with E-state index in [0.29, 0.717) is 47.7 Å². The highest BCUT2D eigenvalue weighted by molar-refractivity contribution is 7.16. The first kappa shape index (κ1) is 38.6. The van der Waals surface area contributed by atoms with Gasteiger partial charge in [0.05, 0.1) is 29.6 Å². The number of aromatic hydroxyl groups is 1. The SMILES string of the molecule is O=C(c1csc(-c2ccccc2)n1)N1CCOC2(CCN(CCCCCCCCCNCC(O)c3ccc(O)c4[nH]c(=O)sc34)CC2)C1.O=CO. The first-order valence-electron chi connectivity index (χ1n) is 17.8. The number of nitrogens with one attached hydrogen (secondary N) is 2. The highest BCUT2D eigenvalue weighted by Crippen LogP contribution is 2.33. The number of fused-ring (bicyclic) bond motifs is 1. The minimum atomic E-state index is -0.734. The molecule has 5 N–H and O–H groups in total. The van der Waals surface area contributed by atoms with Gasteiger partial charge >= 0.3 is 4.87 Å². The van der Waals surface area contributed by atoms with E-state index in [-0.39, 0.29) is 28.6 Å². The predicted octanol–water partition coefficient (Wildman–Crippen LogP) is 5.48. The van der Waals surface area contributed by atoms with Gasteiger partial charge < -0.3 is 40.2 Å². The molecule has 6 rings (SSSR count). The number of carbonyl (C=O) groups excluding carboxylic acids is 1. The molecule has 14 heteroatoms. The number of phenols is 1. The Balaban J connectivity index is 0.00000162. The number of piperidine rings is 1. The first-order valence-corrected chi connectivity index (χ1v) is 19.5. The summed E-state index contributed by atoms with van der Waals surface area (Å²) in [6.07, 6.45) is 9.58. The molecule has 2 aliphatic heterocycles. The van der Waals surface area contributed by atoms with Crippen molar-refractivity contribution in [3.63, 3.8) is 0 Å². The number of aliphatic hydroxyl groups is 1. The number of amides is 1. The predicted molar refractivity (Wildman–Crippen MR) is 201 cm³/mol. The third-order valence-corrected chi connectivity index (χ3v) is 11.5. The van der Waals surface area contributed by atoms with Crippen LogP contribution in [0.25, 0.3) is 20.8 Å². The smallest absolute Gasteiger partial charge is 0.305 e. The molecular formula is C37H49N5O7S2. The van der Waals surface area contributed by atoms with Crippen LogP contribution in [0.5, 0.6) is 5.75 Å². The van der Waals surface area contributed by atoms with E-state index in [0.717, 1.165) is 73.8 Å². The third kappa shape index (κ3) is 10.7. The lowest BCUT2D eigenvalue weighted by atomic mass is 9.89. The summed E-state index contributed by atoms with van der Waals surface area (Å²) in [5, 5.41) is 33.6. The van der Waals surface area contributed by atoms with Crippen molar-refractivity contribution in [2.24, 2.45) is 0 Å². The van der Waals surface area contributed by atoms with Crippen LogP contribution in [0.3, 0.4) is 0 Å². The average Bonchev–Trinajstić information content (AvgIpc) is 3.80. The summed E-state index contributed by atoms with van der Waals surface area (Å²) < 4.78 is 6.94. The Labute approximate surface area is 306 Å². The number of thiazole rings is 2. The van der Waals surface area contributed by atoms with Gasteiger partial charge in [0.1, 0.15) is 22.0 Å². The van der Waals surface area contributed by atoms with Crippen molar-refractivity contribution in [1.82, 2.24) is 25.1 Å². The first-order chi connectivity index (χ1) is 24.8. The van der Waals surface area contributed by atoms with Gasteiger partial charge in [0.15, 0.2) is 0 Å². The number of aromatic nitrogens is 2. The summed E-state index contributed by atoms with van der Waals surface area (Å²) in [6.45, 7) is 6.01. The zero-order chi connectivity index (χ0) is 36.1. The van der Waals surface area contributed by atoms with E-state index in [9.17, 15) is 19.8 Å². The maximum Gasteiger partial charge on any atom is 0.305 e. The number of unbranched alkanes of at least 4 members (excludes halogenated alkanes) is 6. The van der Waals surface area contributed by atoms with Crippen molar-refractivity contribution in [3.8, 4) is 16.3 Å². The van der Waals surface area contributed by atoms with E-state index in [4.69, 9.17) is 14.6 Å². The van der Waals surface area contributed by atoms with Crippen molar-refractivity contribution < 1.29 is 29.6 Å². The monoisotopic (exact) mass is 739 g/mol. The minimum absolute atomic E-state index is 0.0127. The van der Waals surface area contributed by atoms with Gasteiger partial charge in [-0.1, -0.05) is 79.8 Å². The largest absolute Gasteiger partial charge is 0.506 e. The molecule has 0 aliphatic carbocycles. The molecule has 0 saturated carbocycles. The van der Waals surface area contributed by atoms with Gasteiger partial charge in [-0.05, 0) is 44.8 Å². The molecule has 1 unspecified atom stereocenters. The number of benzene rings is 2. The lowest BCUT2D eigenvalue weighted by Crippen LogP contribution is -2.58. The van der Waals surface area contributed by atoms with Crippen LogP contribution in [0, 0.1) is 0 Å². The molecule has 1 atom stereocenters. The number of aromatic amines is 1. The number of phenolic OH excluding ortho intramolecular Hbond substituents is 1. The fourth-order valence-corrected chi connectivity index (χ4v) is 8.59. The normalized spacial score (nSPS) is 16.5. The van der Waals surface area contributed by atoms with Crippen LogP contribution in [0.15, 0.2) is 52.6 Å². The van der Waals surface area contributed by atoms with Crippen LogP contribution in [0.4, 0.5) is 0 Å². The van der Waals surface area contributed by atoms with Crippen LogP contribution in [0.1, 0.15) is 79.9 Å². The number of morpholine rings is 1. The number of carboxylic acid groups (broad SMARTS) is 1. The summed E-state index contributed by atoms with van der Waals surface area (Å²) in [4.78, 5) is 45.0. The topological polar surface area (TPSA) is 168 Å². The maximum absolute atomic E-state index is 13.3. The molecule has 2 aromatic carbocycles. The van der Waals surface area contributed by atoms with Crippen LogP contribution < -0.4 is 10.2 Å². The number of nitrogens with zero attached hydrogens (tertiary/aromatic N) is 3. The van der Waals surface area contributed by atoms with Crippen molar-refractivity contribution in [2.75, 3.05) is 52.4 Å². The number of H-pyrrole nitrogens is 1. The molecule has 1 spiro atoms. The summed E-state index contributed by atoms with van der Waals surface area (Å²) in [6, 6.07) is 13.2. The molecule has 4 aromatic rings. The minimum Gasteiger partial charge on any atom is -0.506 e. The number of aliphatic hydroxyl groups excluding tert-OH is 1. The van der Waals surface area contributed by atoms with Gasteiger partial charge in [-0.15, -0.1) is 11.3 Å². The van der Waals surface area contributed by atoms with Gasteiger partial charge in [0.2, 0.25) is 0 Å². The lowest BCUT2D eigenvalue weighted by molar-refractivity contribution is -0.127. The maximum atomic E-state index is 13.3. The molecule has 4 heterocycles. The Morgan fingerprint density at radius 2 is 1.75 bits per heavy atom. The molecule has 0 radical (unpaired) electrons. The Morgan fingerprint density at radius 3 is 2.49 bits per heavy atom. The Kier molecular flexibility index (Phi) is 14.6. The molecule has 1 amide bonds. The van der Waals surface area contributed by atoms with E-state index in [1.54, 1.807) is 6.07 Å². The number of carbonyl (C=O) groups is 2. The number of hydrogen-bond acceptors (Lipinski definition) is 11. The van der Waals surface area contributed by atoms with E-state index < -0.39 is 6.10 Å². The Hall–Kier alpha value is -3.66. The molecule has 12 nitrogen and oxygen atoms in total. The summed E-state index contributed by atoms with van der Waals surface area (Å²) in [5.74, 6) is 0.0358. The quantitative estimate of drug-likeness (QED) is 0.0778. The Bertz CT molecular complexity index is 1740. The fraction of sp³-hybridized carbons (Fsp3) is 0.514. The highest BCUT2D eigenvalue weighted by atomic mass is 32.1. The summed E-state index contributed by atoms with van der Waals surface area (Å²) >= 11 is 2.53. The van der Waals surface area contributed by atoms with Crippen LogP contribution in [-0.4, -0.2) is 105 Å². The van der Waals surface area contributed by atoms with Crippen LogP contribution in [0.2, 0.25) is 0 Å². The third-order valence-electron chi connectivity index (χ3n) is 9.66. The molecule has 0 bridgehead atoms. The van der Waals surface area contributed by atoms with Gasteiger partial charge in [0, 0.05) is 42.7 Å². The molecular weight excluding hydrogens is 691 g/mol. The van der Waals surface area contributed by atoms with Crippen molar-refractivity contribution >= 4 is 45.3 Å². The van der Waals surface area contributed by atoms with E-state index in [1.165, 1.54) is 49.5 Å². The van der Waals surface area contributed by atoms with Crippen LogP contribution in [-0.2, 0) is 9.53 Å². The molecule has 2 aromatic heterocycles. The molecule has 2 fully saturated rings. The van der Waals surface area contributed by atoms with Crippen molar-refractivity contribution in [2.45, 2.75) is 69.5 Å². The van der Waals surface area contributed by atoms with E-state index in [2.05, 4.69) is 20.2 Å². The van der Waals surface area contributed by atoms with Gasteiger partial charge in [-0.25, -0.2) is 4.98 Å². The molecule has 2 aliphatic rings. The number of ether oxygens (including phenoxy) is 1. The standard InChI is InChI=1S/C36H47N5O5S2.CH2O2/c42-29-14-13-27(32-31(29)39-35(45)48-32)30(43)23-37-17-9-4-2-1-3-5-10-18-40-19-15-36(16-20-40)25-41(21-22-46-36)34(44)28-24-47-33(38-28)26-11-7-6-8-12-26;2-1-3/h6-8,11-14,24,30,37,42-43H,1-5,9-10,15-23,25H2,(H,39,45);1H,(H,2,3). The summed E-state index contributed by atoms with van der Waals surface area (Å²) in [7, 11) is 0. The Morgan fingerprint density at radius 1 is 1.04 bits per heavy atom. The van der Waals surface area contributed by atoms with Crippen molar-refractivity contribution in [1.29, 1.82) is 0 Å². The molecule has 276 valence electrons. The zero-order valence-electron chi connectivity index (χ0n) is 28.9. The second-order valence-electron chi connectivity index (χ2n) is 13.2. The number of likely N-dealkylation sites (tertiary alicyclic amines) is 1. The van der Waals surface area contributed by atoms with Gasteiger partial charge in [-0.2, -0.15) is 0 Å². The highest BCUT2D eigenvalue weighted by Gasteiger charge is 2.41. The molecule has 2 saturated heterocycles.